The lowest BCUT2D eigenvalue weighted by atomic mass is 10.2. The van der Waals surface area contributed by atoms with Crippen LogP contribution in [0.5, 0.6) is 0 Å². The lowest BCUT2D eigenvalue weighted by Crippen LogP contribution is -2.07. The van der Waals surface area contributed by atoms with E-state index in [2.05, 4.69) is 0 Å². The number of carbonyl (C=O) groups excluding carboxylic acids is 1. The molecule has 94 valence electrons. The van der Waals surface area contributed by atoms with Crippen molar-refractivity contribution in [3.05, 3.63) is 11.6 Å². The number of ether oxygens (including phenoxy) is 1. The maximum atomic E-state index is 11.4. The van der Waals surface area contributed by atoms with Gasteiger partial charge in [-0.25, -0.2) is 4.79 Å². The van der Waals surface area contributed by atoms with Gasteiger partial charge in [-0.3, -0.25) is 0 Å². The fourth-order valence-electron chi connectivity index (χ4n) is 1.15. The summed E-state index contributed by atoms with van der Waals surface area (Å²) in [4.78, 5) is 11.4. The molecule has 4 nitrogen and oxygen atoms in total. The molecule has 0 unspecified atom stereocenters. The first kappa shape index (κ1) is 15.1. The van der Waals surface area contributed by atoms with E-state index in [0.29, 0.717) is 25.0 Å². The van der Waals surface area contributed by atoms with Crippen LogP contribution in [0, 0.1) is 0 Å². The first-order valence-corrected chi connectivity index (χ1v) is 5.78. The second kappa shape index (κ2) is 10.6. The Morgan fingerprint density at radius 2 is 1.75 bits per heavy atom. The van der Waals surface area contributed by atoms with Gasteiger partial charge in [-0.15, -0.1) is 0 Å². The molecule has 0 aliphatic heterocycles. The first-order chi connectivity index (χ1) is 7.72. The molecule has 0 aliphatic carbocycles. The highest BCUT2D eigenvalue weighted by Gasteiger charge is 2.04. The summed E-state index contributed by atoms with van der Waals surface area (Å²) in [6, 6.07) is 0. The molecule has 4 heteroatoms. The zero-order valence-electron chi connectivity index (χ0n) is 9.95. The lowest BCUT2D eigenvalue weighted by molar-refractivity contribution is -0.139. The molecule has 0 bridgehead atoms. The smallest absolute Gasteiger partial charge is 0.333 e. The maximum Gasteiger partial charge on any atom is 0.333 e. The molecule has 16 heavy (non-hydrogen) atoms. The molecule has 0 spiro atoms. The van der Waals surface area contributed by atoms with Crippen LogP contribution in [0.3, 0.4) is 0 Å². The molecule has 0 aromatic heterocycles. The molecule has 0 radical (unpaired) electrons. The average molecular weight is 230 g/mol. The number of hydrogen-bond donors (Lipinski definition) is 2. The van der Waals surface area contributed by atoms with Crippen LogP contribution in [0.15, 0.2) is 11.6 Å². The number of rotatable bonds is 9. The molecule has 0 atom stereocenters. The largest absolute Gasteiger partial charge is 0.462 e. The van der Waals surface area contributed by atoms with Crippen molar-refractivity contribution < 1.29 is 19.7 Å². The van der Waals surface area contributed by atoms with Crippen molar-refractivity contribution in [2.45, 2.75) is 39.0 Å². The summed E-state index contributed by atoms with van der Waals surface area (Å²) >= 11 is 0. The number of allylic oxidation sites excluding steroid dienone is 1. The van der Waals surface area contributed by atoms with Gasteiger partial charge in [0.15, 0.2) is 0 Å². The molecule has 0 amide bonds. The monoisotopic (exact) mass is 230 g/mol. The summed E-state index contributed by atoms with van der Waals surface area (Å²) in [5, 5.41) is 17.1. The molecule has 0 saturated carbocycles. The Morgan fingerprint density at radius 3 is 2.38 bits per heavy atom. The summed E-state index contributed by atoms with van der Waals surface area (Å²) in [5.41, 5.74) is 0.613. The zero-order valence-corrected chi connectivity index (χ0v) is 9.95. The second-order valence-corrected chi connectivity index (χ2v) is 3.67. The van der Waals surface area contributed by atoms with E-state index in [1.807, 2.05) is 6.08 Å². The summed E-state index contributed by atoms with van der Waals surface area (Å²) in [6.07, 6.45) is 5.62. The van der Waals surface area contributed by atoms with Crippen LogP contribution < -0.4 is 0 Å². The van der Waals surface area contributed by atoms with Gasteiger partial charge in [-0.1, -0.05) is 6.08 Å². The Balaban J connectivity index is 3.63. The summed E-state index contributed by atoms with van der Waals surface area (Å²) < 4.78 is 5.00. The van der Waals surface area contributed by atoms with Crippen LogP contribution in [-0.2, 0) is 9.53 Å². The fraction of sp³-hybridized carbons (Fsp3) is 0.750. The van der Waals surface area contributed by atoms with Crippen molar-refractivity contribution in [2.75, 3.05) is 19.8 Å². The Morgan fingerprint density at radius 1 is 1.12 bits per heavy atom. The molecule has 0 aromatic rings. The van der Waals surface area contributed by atoms with Crippen LogP contribution >= 0.6 is 0 Å². The Labute approximate surface area is 96.9 Å². The maximum absolute atomic E-state index is 11.4. The van der Waals surface area contributed by atoms with Gasteiger partial charge in [0.2, 0.25) is 0 Å². The van der Waals surface area contributed by atoms with Crippen molar-refractivity contribution in [3.63, 3.8) is 0 Å². The second-order valence-electron chi connectivity index (χ2n) is 3.67. The van der Waals surface area contributed by atoms with E-state index in [-0.39, 0.29) is 19.2 Å². The minimum absolute atomic E-state index is 0.132. The van der Waals surface area contributed by atoms with Gasteiger partial charge in [-0.2, -0.15) is 0 Å². The number of carbonyl (C=O) groups is 1. The first-order valence-electron chi connectivity index (χ1n) is 5.78. The van der Waals surface area contributed by atoms with Gasteiger partial charge >= 0.3 is 5.97 Å². The Kier molecular flexibility index (Phi) is 10.1. The predicted molar refractivity (Wildman–Crippen MR) is 62.0 cm³/mol. The van der Waals surface area contributed by atoms with E-state index >= 15 is 0 Å². The van der Waals surface area contributed by atoms with Crippen LogP contribution in [0.25, 0.3) is 0 Å². The molecule has 0 aliphatic rings. The molecule has 0 heterocycles. The third kappa shape index (κ3) is 8.44. The summed E-state index contributed by atoms with van der Waals surface area (Å²) in [7, 11) is 0. The molecule has 0 fully saturated rings. The highest BCUT2D eigenvalue weighted by atomic mass is 16.5. The van der Waals surface area contributed by atoms with E-state index in [0.717, 1.165) is 19.3 Å². The highest BCUT2D eigenvalue weighted by Crippen LogP contribution is 2.03. The molecule has 0 aromatic carbocycles. The van der Waals surface area contributed by atoms with Gasteiger partial charge in [-0.05, 0) is 39.0 Å². The lowest BCUT2D eigenvalue weighted by Gasteiger charge is -2.04. The van der Waals surface area contributed by atoms with Gasteiger partial charge < -0.3 is 14.9 Å². The van der Waals surface area contributed by atoms with Crippen molar-refractivity contribution in [2.24, 2.45) is 0 Å². The standard InChI is InChI=1S/C12H22O4/c1-11(7-3-2-4-8-13)12(15)16-10-6-5-9-14/h7,13-14H,2-6,8-10H2,1H3. The van der Waals surface area contributed by atoms with Crippen LogP contribution in [0.4, 0.5) is 0 Å². The Bertz CT molecular complexity index is 211. The molecule has 2 N–H and O–H groups in total. The van der Waals surface area contributed by atoms with Crippen molar-refractivity contribution in [1.29, 1.82) is 0 Å². The summed E-state index contributed by atoms with van der Waals surface area (Å²) in [5.74, 6) is -0.290. The highest BCUT2D eigenvalue weighted by molar-refractivity contribution is 5.87. The van der Waals surface area contributed by atoms with E-state index in [1.165, 1.54) is 0 Å². The fourth-order valence-corrected chi connectivity index (χ4v) is 1.15. The van der Waals surface area contributed by atoms with Gasteiger partial charge in [0.05, 0.1) is 6.61 Å². The molecular weight excluding hydrogens is 208 g/mol. The SMILES string of the molecule is CC(=CCCCCO)C(=O)OCCCCO. The van der Waals surface area contributed by atoms with E-state index < -0.39 is 0 Å². The van der Waals surface area contributed by atoms with E-state index in [4.69, 9.17) is 14.9 Å². The van der Waals surface area contributed by atoms with Gasteiger partial charge in [0.25, 0.3) is 0 Å². The molecule has 0 rings (SSSR count). The topological polar surface area (TPSA) is 66.8 Å². The average Bonchev–Trinajstić information content (AvgIpc) is 2.29. The van der Waals surface area contributed by atoms with Gasteiger partial charge in [0, 0.05) is 18.8 Å². The number of esters is 1. The molecule has 0 saturated heterocycles. The van der Waals surface area contributed by atoms with Crippen molar-refractivity contribution in [1.82, 2.24) is 0 Å². The Hall–Kier alpha value is -0.870. The number of aliphatic hydroxyl groups excluding tert-OH is 2. The van der Waals surface area contributed by atoms with Crippen LogP contribution in [0.1, 0.15) is 39.0 Å². The quantitative estimate of drug-likeness (QED) is 0.357. The zero-order chi connectivity index (χ0) is 12.2. The number of unbranched alkanes of at least 4 members (excludes halogenated alkanes) is 3. The predicted octanol–water partition coefficient (Wildman–Crippen LogP) is 1.41. The van der Waals surface area contributed by atoms with Crippen LogP contribution in [-0.4, -0.2) is 36.0 Å². The van der Waals surface area contributed by atoms with Crippen molar-refractivity contribution >= 4 is 5.97 Å². The molecular formula is C12H22O4. The number of hydrogen-bond acceptors (Lipinski definition) is 4. The van der Waals surface area contributed by atoms with E-state index in [1.54, 1.807) is 6.92 Å². The normalized spacial score (nSPS) is 11.6. The van der Waals surface area contributed by atoms with Crippen LogP contribution in [0.2, 0.25) is 0 Å². The minimum atomic E-state index is -0.290. The van der Waals surface area contributed by atoms with E-state index in [9.17, 15) is 4.79 Å². The number of aliphatic hydroxyl groups is 2. The van der Waals surface area contributed by atoms with Gasteiger partial charge in [0.1, 0.15) is 0 Å². The minimum Gasteiger partial charge on any atom is -0.462 e. The van der Waals surface area contributed by atoms with Crippen molar-refractivity contribution in [3.8, 4) is 0 Å². The summed E-state index contributed by atoms with van der Waals surface area (Å²) in [6.45, 7) is 2.42. The third-order valence-electron chi connectivity index (χ3n) is 2.17. The third-order valence-corrected chi connectivity index (χ3v) is 2.17.